The lowest BCUT2D eigenvalue weighted by atomic mass is 10.1. The zero-order valence-corrected chi connectivity index (χ0v) is 19.0. The number of rotatable bonds is 7. The van der Waals surface area contributed by atoms with E-state index in [0.717, 1.165) is 13.1 Å². The van der Waals surface area contributed by atoms with Gasteiger partial charge in [0.2, 0.25) is 5.91 Å². The first-order valence-electron chi connectivity index (χ1n) is 10.8. The molecular formula is C23H28N6O2S. The van der Waals surface area contributed by atoms with Gasteiger partial charge in [0, 0.05) is 31.1 Å². The van der Waals surface area contributed by atoms with Crippen LogP contribution in [0.4, 0.5) is 10.8 Å². The molecule has 4 rings (SSSR count). The Kier molecular flexibility index (Phi) is 7.06. The van der Waals surface area contributed by atoms with Gasteiger partial charge in [-0.3, -0.25) is 4.79 Å². The van der Waals surface area contributed by atoms with Crippen molar-refractivity contribution in [3.8, 4) is 11.5 Å². The van der Waals surface area contributed by atoms with Gasteiger partial charge in [-0.25, -0.2) is 9.98 Å². The number of guanidine groups is 1. The minimum atomic E-state index is -0.101. The summed E-state index contributed by atoms with van der Waals surface area (Å²) >= 11 is 1.43. The number of piperidine rings is 1. The second-order valence-corrected chi connectivity index (χ2v) is 8.57. The van der Waals surface area contributed by atoms with E-state index in [9.17, 15) is 4.79 Å². The molecule has 2 aromatic heterocycles. The molecule has 1 fully saturated rings. The second kappa shape index (κ2) is 10.3. The van der Waals surface area contributed by atoms with Crippen LogP contribution in [0.5, 0.6) is 0 Å². The Hall–Kier alpha value is -3.33. The van der Waals surface area contributed by atoms with Gasteiger partial charge in [0.25, 0.3) is 0 Å². The maximum absolute atomic E-state index is 11.0. The Balaban J connectivity index is 1.37. The smallest absolute Gasteiger partial charge is 0.217 e. The fourth-order valence-electron chi connectivity index (χ4n) is 3.67. The Bertz CT molecular complexity index is 1080. The van der Waals surface area contributed by atoms with Gasteiger partial charge in [0.05, 0.1) is 13.1 Å². The number of aliphatic imine (C=N–C) groups is 1. The van der Waals surface area contributed by atoms with Gasteiger partial charge in [0.1, 0.15) is 11.5 Å². The topological polar surface area (TPSA) is 109 Å². The van der Waals surface area contributed by atoms with Crippen LogP contribution in [0.25, 0.3) is 11.5 Å². The summed E-state index contributed by atoms with van der Waals surface area (Å²) < 4.78 is 5.75. The van der Waals surface area contributed by atoms with Crippen molar-refractivity contribution < 1.29 is 9.21 Å². The number of nitrogens with zero attached hydrogens (tertiary/aromatic N) is 3. The summed E-state index contributed by atoms with van der Waals surface area (Å²) in [5.41, 5.74) is 9.25. The third-order valence-corrected chi connectivity index (χ3v) is 6.03. The van der Waals surface area contributed by atoms with Crippen molar-refractivity contribution in [2.24, 2.45) is 10.7 Å². The van der Waals surface area contributed by atoms with Gasteiger partial charge in [-0.15, -0.1) is 11.3 Å². The van der Waals surface area contributed by atoms with E-state index in [1.807, 2.05) is 23.6 Å². The molecule has 0 saturated carbocycles. The fraction of sp³-hybridized carbons (Fsp3) is 0.348. The van der Waals surface area contributed by atoms with Crippen molar-refractivity contribution in [3.63, 3.8) is 0 Å². The van der Waals surface area contributed by atoms with Crippen LogP contribution in [-0.2, 0) is 17.9 Å². The summed E-state index contributed by atoms with van der Waals surface area (Å²) in [4.78, 5) is 22.5. The average molecular weight is 453 g/mol. The molecule has 32 heavy (non-hydrogen) atoms. The van der Waals surface area contributed by atoms with Gasteiger partial charge in [0.15, 0.2) is 16.9 Å². The van der Waals surface area contributed by atoms with E-state index in [1.54, 1.807) is 0 Å². The van der Waals surface area contributed by atoms with Gasteiger partial charge in [-0.05, 0) is 43.0 Å². The number of anilines is 2. The van der Waals surface area contributed by atoms with Crippen molar-refractivity contribution in [1.82, 2.24) is 10.3 Å². The number of thiazole rings is 1. The van der Waals surface area contributed by atoms with E-state index in [2.05, 4.69) is 43.7 Å². The lowest BCUT2D eigenvalue weighted by molar-refractivity contribution is -0.119. The average Bonchev–Trinajstić information content (AvgIpc) is 3.46. The highest BCUT2D eigenvalue weighted by molar-refractivity contribution is 7.14. The molecule has 1 aliphatic heterocycles. The molecule has 168 valence electrons. The predicted molar refractivity (Wildman–Crippen MR) is 129 cm³/mol. The first kappa shape index (κ1) is 21.9. The number of para-hydroxylation sites is 1. The highest BCUT2D eigenvalue weighted by Crippen LogP contribution is 2.27. The number of benzene rings is 1. The van der Waals surface area contributed by atoms with Gasteiger partial charge >= 0.3 is 0 Å². The lowest BCUT2D eigenvalue weighted by Crippen LogP contribution is -2.30. The summed E-state index contributed by atoms with van der Waals surface area (Å²) in [5, 5.41) is 8.32. The molecule has 0 unspecified atom stereocenters. The quantitative estimate of drug-likeness (QED) is 0.370. The third-order valence-electron chi connectivity index (χ3n) is 5.27. The Labute approximate surface area is 191 Å². The minimum absolute atomic E-state index is 0.101. The van der Waals surface area contributed by atoms with Crippen molar-refractivity contribution in [3.05, 3.63) is 53.1 Å². The van der Waals surface area contributed by atoms with E-state index < -0.39 is 0 Å². The van der Waals surface area contributed by atoms with E-state index in [1.165, 1.54) is 48.8 Å². The van der Waals surface area contributed by atoms with Crippen LogP contribution in [0.2, 0.25) is 0 Å². The van der Waals surface area contributed by atoms with Gasteiger partial charge < -0.3 is 25.7 Å². The summed E-state index contributed by atoms with van der Waals surface area (Å²) in [6.45, 7) is 4.52. The molecule has 3 heterocycles. The maximum atomic E-state index is 11.0. The summed E-state index contributed by atoms with van der Waals surface area (Å²) in [5.74, 6) is 1.54. The van der Waals surface area contributed by atoms with E-state index >= 15 is 0 Å². The Morgan fingerprint density at radius 2 is 2.03 bits per heavy atom. The molecule has 0 atom stereocenters. The zero-order valence-electron chi connectivity index (χ0n) is 18.1. The summed E-state index contributed by atoms with van der Waals surface area (Å²) in [6.07, 6.45) is 3.77. The highest BCUT2D eigenvalue weighted by Gasteiger charge is 2.14. The molecule has 0 radical (unpaired) electrons. The van der Waals surface area contributed by atoms with Crippen LogP contribution in [-0.4, -0.2) is 29.9 Å². The van der Waals surface area contributed by atoms with E-state index in [-0.39, 0.29) is 5.91 Å². The predicted octanol–water partition coefficient (Wildman–Crippen LogP) is 3.96. The molecule has 1 saturated heterocycles. The summed E-state index contributed by atoms with van der Waals surface area (Å²) in [6, 6.07) is 12.1. The molecule has 0 aliphatic carbocycles. The number of hydrogen-bond donors (Lipinski definition) is 3. The van der Waals surface area contributed by atoms with Gasteiger partial charge in [-0.2, -0.15) is 0 Å². The van der Waals surface area contributed by atoms with Crippen LogP contribution < -0.4 is 21.3 Å². The molecule has 0 spiro atoms. The van der Waals surface area contributed by atoms with Crippen LogP contribution >= 0.6 is 11.3 Å². The Morgan fingerprint density at radius 1 is 1.22 bits per heavy atom. The third kappa shape index (κ3) is 5.67. The molecule has 9 heteroatoms. The van der Waals surface area contributed by atoms with Crippen molar-refractivity contribution in [2.45, 2.75) is 39.3 Å². The van der Waals surface area contributed by atoms with Crippen molar-refractivity contribution >= 4 is 34.0 Å². The molecule has 1 aromatic carbocycles. The molecule has 0 bridgehead atoms. The first-order valence-corrected chi connectivity index (χ1v) is 11.7. The Morgan fingerprint density at radius 3 is 2.84 bits per heavy atom. The van der Waals surface area contributed by atoms with Gasteiger partial charge in [-0.1, -0.05) is 18.2 Å². The molecular weight excluding hydrogens is 424 g/mol. The standard InChI is InChI=1S/C23H28N6O2S/c1-16(30)25-14-18-9-10-21(31-18)19-15-32-23(27-19)28-22(24)26-13-17-7-3-4-8-20(17)29-11-5-2-6-12-29/h3-4,7-10,15H,2,5-6,11-14H2,1H3,(H,25,30)(H3,24,26,27,28). The van der Waals surface area contributed by atoms with Crippen LogP contribution in [0.1, 0.15) is 37.5 Å². The van der Waals surface area contributed by atoms with E-state index in [0.29, 0.717) is 41.4 Å². The molecule has 3 aromatic rings. The normalized spacial score (nSPS) is 14.4. The zero-order chi connectivity index (χ0) is 22.3. The number of nitrogens with two attached hydrogens (primary N) is 1. The largest absolute Gasteiger partial charge is 0.458 e. The number of carbonyl (C=O) groups excluding carboxylic acids is 1. The molecule has 1 aliphatic rings. The van der Waals surface area contributed by atoms with Crippen LogP contribution in [0.15, 0.2) is 51.2 Å². The SMILES string of the molecule is CC(=O)NCc1ccc(-c2csc(NC(N)=NCc3ccccc3N3CCCCC3)n2)o1. The maximum Gasteiger partial charge on any atom is 0.217 e. The number of hydrogen-bond acceptors (Lipinski definition) is 6. The van der Waals surface area contributed by atoms with E-state index in [4.69, 9.17) is 10.2 Å². The number of furan rings is 1. The first-order chi connectivity index (χ1) is 15.6. The van der Waals surface area contributed by atoms with Crippen LogP contribution in [0.3, 0.4) is 0 Å². The highest BCUT2D eigenvalue weighted by atomic mass is 32.1. The monoisotopic (exact) mass is 452 g/mol. The fourth-order valence-corrected chi connectivity index (χ4v) is 4.38. The summed E-state index contributed by atoms with van der Waals surface area (Å²) in [7, 11) is 0. The number of aromatic nitrogens is 1. The number of carbonyl (C=O) groups is 1. The molecule has 8 nitrogen and oxygen atoms in total. The lowest BCUT2D eigenvalue weighted by Gasteiger charge is -2.30. The molecule has 4 N–H and O–H groups in total. The number of nitrogens with one attached hydrogen (secondary N) is 2. The second-order valence-electron chi connectivity index (χ2n) is 7.72. The van der Waals surface area contributed by atoms with Crippen LogP contribution in [0, 0.1) is 0 Å². The van der Waals surface area contributed by atoms with Crippen molar-refractivity contribution in [1.29, 1.82) is 0 Å². The van der Waals surface area contributed by atoms with Crippen molar-refractivity contribution in [2.75, 3.05) is 23.3 Å². The molecule has 1 amide bonds. The minimum Gasteiger partial charge on any atom is -0.458 e. The number of amides is 1.